The Morgan fingerprint density at radius 1 is 1.36 bits per heavy atom. The summed E-state index contributed by atoms with van der Waals surface area (Å²) in [4.78, 5) is 28.7. The molecule has 2 heterocycles. The van der Waals surface area contributed by atoms with E-state index >= 15 is 0 Å². The van der Waals surface area contributed by atoms with E-state index in [9.17, 15) is 9.59 Å². The molecule has 0 atom stereocenters. The smallest absolute Gasteiger partial charge is 0.287 e. The molecule has 0 aliphatic carbocycles. The van der Waals surface area contributed by atoms with Gasteiger partial charge in [0.1, 0.15) is 5.69 Å². The third-order valence-electron chi connectivity index (χ3n) is 3.53. The van der Waals surface area contributed by atoms with Gasteiger partial charge < -0.3 is 19.9 Å². The van der Waals surface area contributed by atoms with E-state index < -0.39 is 0 Å². The maximum atomic E-state index is 12.2. The molecule has 0 radical (unpaired) electrons. The van der Waals surface area contributed by atoms with Gasteiger partial charge in [0.05, 0.1) is 12.3 Å². The zero-order valence-electron chi connectivity index (χ0n) is 12.9. The molecule has 0 fully saturated rings. The third-order valence-corrected chi connectivity index (χ3v) is 3.53. The summed E-state index contributed by atoms with van der Waals surface area (Å²) in [5, 5.41) is 5.47. The summed E-state index contributed by atoms with van der Waals surface area (Å²) in [5.74, 6) is -0.237. The Labute approximate surface area is 129 Å². The van der Waals surface area contributed by atoms with E-state index in [2.05, 4.69) is 22.2 Å². The van der Waals surface area contributed by atoms with Crippen molar-refractivity contribution in [3.8, 4) is 0 Å². The fourth-order valence-electron chi connectivity index (χ4n) is 2.49. The van der Waals surface area contributed by atoms with Crippen LogP contribution in [0.4, 0.5) is 0 Å². The van der Waals surface area contributed by atoms with Crippen LogP contribution in [0.1, 0.15) is 39.6 Å². The molecule has 2 rings (SSSR count). The normalized spacial score (nSPS) is 13.3. The SMILES string of the molecule is C=CCNC(=O)c1nc(C(=O)NCCOC)n2c1CCCC2. The minimum Gasteiger partial charge on any atom is -0.383 e. The summed E-state index contributed by atoms with van der Waals surface area (Å²) in [5.41, 5.74) is 1.18. The van der Waals surface area contributed by atoms with Crippen LogP contribution < -0.4 is 10.6 Å². The molecule has 0 unspecified atom stereocenters. The number of methoxy groups -OCH3 is 1. The number of aromatic nitrogens is 2. The molecule has 1 aromatic rings. The van der Waals surface area contributed by atoms with Gasteiger partial charge in [-0.05, 0) is 19.3 Å². The summed E-state index contributed by atoms with van der Waals surface area (Å²) in [7, 11) is 1.57. The number of imidazole rings is 1. The summed E-state index contributed by atoms with van der Waals surface area (Å²) in [6, 6.07) is 0. The number of nitrogens with one attached hydrogen (secondary N) is 2. The largest absolute Gasteiger partial charge is 0.383 e. The molecule has 0 aromatic carbocycles. The first-order chi connectivity index (χ1) is 10.7. The molecule has 120 valence electrons. The van der Waals surface area contributed by atoms with Gasteiger partial charge in [0.25, 0.3) is 11.8 Å². The van der Waals surface area contributed by atoms with E-state index in [1.165, 1.54) is 0 Å². The molecule has 1 aromatic heterocycles. The Bertz CT molecular complexity index is 565. The minimum absolute atomic E-state index is 0.263. The van der Waals surface area contributed by atoms with Crippen molar-refractivity contribution in [3.63, 3.8) is 0 Å². The second-order valence-corrected chi connectivity index (χ2v) is 5.09. The Kier molecular flexibility index (Phi) is 5.71. The van der Waals surface area contributed by atoms with Gasteiger partial charge in [-0.2, -0.15) is 0 Å². The molecule has 7 heteroatoms. The Morgan fingerprint density at radius 2 is 2.18 bits per heavy atom. The van der Waals surface area contributed by atoms with Gasteiger partial charge >= 0.3 is 0 Å². The molecule has 1 aliphatic rings. The highest BCUT2D eigenvalue weighted by Crippen LogP contribution is 2.21. The Hall–Kier alpha value is -2.15. The van der Waals surface area contributed by atoms with Crippen molar-refractivity contribution in [1.29, 1.82) is 0 Å². The molecule has 2 amide bonds. The van der Waals surface area contributed by atoms with Crippen molar-refractivity contribution in [1.82, 2.24) is 20.2 Å². The molecule has 2 N–H and O–H groups in total. The highest BCUT2D eigenvalue weighted by atomic mass is 16.5. The standard InChI is InChI=1S/C15H22N4O3/c1-3-7-16-14(20)12-11-6-4-5-9-19(11)13(18-12)15(21)17-8-10-22-2/h3H,1,4-10H2,2H3,(H,16,20)(H,17,21). The van der Waals surface area contributed by atoms with E-state index in [4.69, 9.17) is 4.74 Å². The second-order valence-electron chi connectivity index (χ2n) is 5.09. The van der Waals surface area contributed by atoms with E-state index in [1.54, 1.807) is 13.2 Å². The first-order valence-electron chi connectivity index (χ1n) is 7.44. The van der Waals surface area contributed by atoms with Crippen LogP contribution in [0.25, 0.3) is 0 Å². The van der Waals surface area contributed by atoms with Crippen LogP contribution in [-0.2, 0) is 17.7 Å². The van der Waals surface area contributed by atoms with Crippen LogP contribution in [-0.4, -0.2) is 48.2 Å². The predicted octanol–water partition coefficient (Wildman–Crippen LogP) is 0.511. The number of rotatable bonds is 7. The number of amides is 2. The highest BCUT2D eigenvalue weighted by molar-refractivity contribution is 5.97. The Balaban J connectivity index is 2.23. The molecule has 0 saturated heterocycles. The summed E-state index contributed by atoms with van der Waals surface area (Å²) >= 11 is 0. The second kappa shape index (κ2) is 7.74. The Morgan fingerprint density at radius 3 is 2.91 bits per heavy atom. The number of carbonyl (C=O) groups excluding carboxylic acids is 2. The monoisotopic (exact) mass is 306 g/mol. The highest BCUT2D eigenvalue weighted by Gasteiger charge is 2.26. The van der Waals surface area contributed by atoms with Crippen LogP contribution in [0.15, 0.2) is 12.7 Å². The lowest BCUT2D eigenvalue weighted by molar-refractivity contribution is 0.0921. The van der Waals surface area contributed by atoms with Crippen molar-refractivity contribution in [2.24, 2.45) is 0 Å². The van der Waals surface area contributed by atoms with E-state index in [1.807, 2.05) is 4.57 Å². The molecular weight excluding hydrogens is 284 g/mol. The van der Waals surface area contributed by atoms with E-state index in [0.29, 0.717) is 37.8 Å². The van der Waals surface area contributed by atoms with Gasteiger partial charge in [0.15, 0.2) is 5.82 Å². The lowest BCUT2D eigenvalue weighted by Gasteiger charge is -2.17. The maximum absolute atomic E-state index is 12.2. The average molecular weight is 306 g/mol. The summed E-state index contributed by atoms with van der Waals surface area (Å²) < 4.78 is 6.77. The van der Waals surface area contributed by atoms with Crippen molar-refractivity contribution < 1.29 is 14.3 Å². The summed E-state index contributed by atoms with van der Waals surface area (Å²) in [6.07, 6.45) is 4.35. The van der Waals surface area contributed by atoms with E-state index in [-0.39, 0.29) is 11.8 Å². The molecule has 1 aliphatic heterocycles. The van der Waals surface area contributed by atoms with Gasteiger partial charge in [-0.1, -0.05) is 6.08 Å². The van der Waals surface area contributed by atoms with Crippen LogP contribution >= 0.6 is 0 Å². The van der Waals surface area contributed by atoms with Gasteiger partial charge in [-0.25, -0.2) is 4.98 Å². The van der Waals surface area contributed by atoms with Crippen LogP contribution in [0.3, 0.4) is 0 Å². The van der Waals surface area contributed by atoms with Crippen molar-refractivity contribution in [3.05, 3.63) is 29.9 Å². The fourth-order valence-corrected chi connectivity index (χ4v) is 2.49. The van der Waals surface area contributed by atoms with Crippen molar-refractivity contribution in [2.45, 2.75) is 25.8 Å². The fraction of sp³-hybridized carbons (Fsp3) is 0.533. The number of ether oxygens (including phenoxy) is 1. The van der Waals surface area contributed by atoms with Gasteiger partial charge in [-0.15, -0.1) is 6.58 Å². The van der Waals surface area contributed by atoms with Crippen molar-refractivity contribution in [2.75, 3.05) is 26.8 Å². The molecule has 0 spiro atoms. The van der Waals surface area contributed by atoms with Crippen molar-refractivity contribution >= 4 is 11.8 Å². The van der Waals surface area contributed by atoms with Crippen LogP contribution in [0.5, 0.6) is 0 Å². The predicted molar refractivity (Wildman–Crippen MR) is 81.9 cm³/mol. The number of hydrogen-bond acceptors (Lipinski definition) is 4. The summed E-state index contributed by atoms with van der Waals surface area (Å²) in [6.45, 7) is 5.51. The lowest BCUT2D eigenvalue weighted by Crippen LogP contribution is -2.30. The van der Waals surface area contributed by atoms with Crippen LogP contribution in [0, 0.1) is 0 Å². The van der Waals surface area contributed by atoms with E-state index in [0.717, 1.165) is 25.0 Å². The quantitative estimate of drug-likeness (QED) is 0.568. The number of nitrogens with zero attached hydrogens (tertiary/aromatic N) is 2. The molecular formula is C15H22N4O3. The number of carbonyl (C=O) groups is 2. The van der Waals surface area contributed by atoms with Gasteiger partial charge in [0.2, 0.25) is 0 Å². The number of fused-ring (bicyclic) bond motifs is 1. The lowest BCUT2D eigenvalue weighted by atomic mass is 10.1. The molecule has 7 nitrogen and oxygen atoms in total. The van der Waals surface area contributed by atoms with Crippen LogP contribution in [0.2, 0.25) is 0 Å². The molecule has 0 saturated carbocycles. The molecule has 0 bridgehead atoms. The third kappa shape index (κ3) is 3.54. The zero-order valence-corrected chi connectivity index (χ0v) is 12.9. The minimum atomic E-state index is -0.275. The number of hydrogen-bond donors (Lipinski definition) is 2. The van der Waals surface area contributed by atoms with Gasteiger partial charge in [0, 0.05) is 26.7 Å². The average Bonchev–Trinajstić information content (AvgIpc) is 2.92. The topological polar surface area (TPSA) is 85.2 Å². The maximum Gasteiger partial charge on any atom is 0.287 e. The van der Waals surface area contributed by atoms with Gasteiger partial charge in [-0.3, -0.25) is 9.59 Å². The zero-order chi connectivity index (χ0) is 15.9. The first-order valence-corrected chi connectivity index (χ1v) is 7.44. The molecule has 22 heavy (non-hydrogen) atoms. The first kappa shape index (κ1) is 16.2.